The van der Waals surface area contributed by atoms with Crippen molar-refractivity contribution in [3.05, 3.63) is 57.9 Å². The average molecular weight is 559 g/mol. The van der Waals surface area contributed by atoms with Crippen LogP contribution in [0.25, 0.3) is 16.6 Å². The van der Waals surface area contributed by atoms with Crippen LogP contribution in [0.15, 0.2) is 47.3 Å². The first-order valence-electron chi connectivity index (χ1n) is 11.5. The van der Waals surface area contributed by atoms with Crippen LogP contribution < -0.4 is 9.55 Å². The van der Waals surface area contributed by atoms with Crippen molar-refractivity contribution >= 4 is 62.6 Å². The molecule has 1 aliphatic heterocycles. The third-order valence-corrected chi connectivity index (χ3v) is 7.11. The van der Waals surface area contributed by atoms with Gasteiger partial charge in [-0.25, -0.2) is 9.97 Å². The second-order valence-electron chi connectivity index (χ2n) is 8.57. The lowest BCUT2D eigenvalue weighted by Crippen LogP contribution is -2.38. The molecule has 0 aliphatic carbocycles. The monoisotopic (exact) mass is 557 g/mol. The zero-order valence-corrected chi connectivity index (χ0v) is 22.0. The maximum Gasteiger partial charge on any atom is 0.415 e. The molecule has 0 spiro atoms. The zero-order chi connectivity index (χ0) is 24.5. The topological polar surface area (TPSA) is 75.4 Å². The van der Waals surface area contributed by atoms with Crippen molar-refractivity contribution in [2.45, 2.75) is 13.7 Å². The maximum absolute atomic E-state index is 10.8. The SMILES string of the molecule is CB(O)N(c1c(C)cccc1Cl)c1nc2cc(OCCN3CCOCC3)c(Br)cc2n2cncc12. The van der Waals surface area contributed by atoms with Gasteiger partial charge >= 0.3 is 7.05 Å². The fourth-order valence-electron chi connectivity index (χ4n) is 4.43. The summed E-state index contributed by atoms with van der Waals surface area (Å²) in [5, 5.41) is 11.4. The average Bonchev–Trinajstić information content (AvgIpc) is 3.33. The van der Waals surface area contributed by atoms with Gasteiger partial charge in [-0.1, -0.05) is 23.7 Å². The number of anilines is 2. The van der Waals surface area contributed by atoms with E-state index in [2.05, 4.69) is 25.8 Å². The van der Waals surface area contributed by atoms with E-state index < -0.39 is 7.05 Å². The number of hydrogen-bond acceptors (Lipinski definition) is 7. The summed E-state index contributed by atoms with van der Waals surface area (Å²) in [7, 11) is -0.878. The molecule has 0 bridgehead atoms. The molecule has 1 N–H and O–H groups in total. The van der Waals surface area contributed by atoms with Gasteiger partial charge in [0.2, 0.25) is 0 Å². The van der Waals surface area contributed by atoms with E-state index in [1.54, 1.807) is 24.2 Å². The number of para-hydroxylation sites is 1. The summed E-state index contributed by atoms with van der Waals surface area (Å²) in [5.41, 5.74) is 3.98. The van der Waals surface area contributed by atoms with Crippen LogP contribution in [0.2, 0.25) is 11.8 Å². The number of rotatable bonds is 7. The lowest BCUT2D eigenvalue weighted by molar-refractivity contribution is 0.0322. The quantitative estimate of drug-likeness (QED) is 0.333. The van der Waals surface area contributed by atoms with Crippen molar-refractivity contribution in [1.29, 1.82) is 0 Å². The van der Waals surface area contributed by atoms with Crippen LogP contribution in [-0.4, -0.2) is 70.8 Å². The summed E-state index contributed by atoms with van der Waals surface area (Å²) in [6, 6.07) is 9.56. The molecular formula is C24H26BBrClN5O3. The molecule has 0 unspecified atom stereocenters. The minimum absolute atomic E-state index is 0.536. The van der Waals surface area contributed by atoms with E-state index in [-0.39, 0.29) is 0 Å². The summed E-state index contributed by atoms with van der Waals surface area (Å²) >= 11 is 10.2. The number of morpholine rings is 1. The largest absolute Gasteiger partial charge is 0.491 e. The first-order valence-corrected chi connectivity index (χ1v) is 12.7. The molecule has 182 valence electrons. The maximum atomic E-state index is 10.8. The van der Waals surface area contributed by atoms with E-state index in [1.165, 1.54) is 0 Å². The second kappa shape index (κ2) is 10.3. The number of fused-ring (bicyclic) bond motifs is 3. The molecule has 1 fully saturated rings. The van der Waals surface area contributed by atoms with E-state index in [0.717, 1.165) is 53.9 Å². The number of imidazole rings is 1. The van der Waals surface area contributed by atoms with E-state index in [9.17, 15) is 5.02 Å². The molecule has 3 heterocycles. The van der Waals surface area contributed by atoms with Crippen LogP contribution in [-0.2, 0) is 4.74 Å². The number of benzene rings is 2. The van der Waals surface area contributed by atoms with Crippen molar-refractivity contribution in [1.82, 2.24) is 19.3 Å². The fraction of sp³-hybridized carbons (Fsp3) is 0.333. The van der Waals surface area contributed by atoms with Crippen molar-refractivity contribution in [2.24, 2.45) is 0 Å². The van der Waals surface area contributed by atoms with Gasteiger partial charge in [-0.2, -0.15) is 0 Å². The molecule has 11 heteroatoms. The number of halogens is 2. The van der Waals surface area contributed by atoms with E-state index in [0.29, 0.717) is 34.4 Å². The molecule has 0 atom stereocenters. The second-order valence-corrected chi connectivity index (χ2v) is 9.83. The number of aryl methyl sites for hydroxylation is 1. The standard InChI is InChI=1S/C24H26BBrClN5O3/c1-16-4-3-5-18(27)23(16)32(25(2)33)24-21-14-28-15-31(21)20-12-17(26)22(13-19(20)29-24)35-11-8-30-6-9-34-10-7-30/h3-5,12-15,33H,6-11H2,1-2H3. The highest BCUT2D eigenvalue weighted by molar-refractivity contribution is 9.10. The van der Waals surface area contributed by atoms with E-state index in [1.807, 2.05) is 41.7 Å². The van der Waals surface area contributed by atoms with Gasteiger partial charge in [0.25, 0.3) is 0 Å². The third-order valence-electron chi connectivity index (χ3n) is 6.18. The van der Waals surface area contributed by atoms with Gasteiger partial charge < -0.3 is 19.3 Å². The van der Waals surface area contributed by atoms with Gasteiger partial charge in [0.1, 0.15) is 23.7 Å². The molecule has 8 nitrogen and oxygen atoms in total. The molecular weight excluding hydrogens is 532 g/mol. The lowest BCUT2D eigenvalue weighted by atomic mass is 9.83. The molecule has 2 aromatic heterocycles. The number of aromatic nitrogens is 3. The van der Waals surface area contributed by atoms with Crippen molar-refractivity contribution in [3.63, 3.8) is 0 Å². The number of hydrogen-bond donors (Lipinski definition) is 1. The highest BCUT2D eigenvalue weighted by Crippen LogP contribution is 2.38. The minimum atomic E-state index is -0.878. The van der Waals surface area contributed by atoms with Gasteiger partial charge in [0.05, 0.1) is 52.0 Å². The Morgan fingerprint density at radius 2 is 2.06 bits per heavy atom. The molecule has 5 rings (SSSR count). The summed E-state index contributed by atoms with van der Waals surface area (Å²) in [6.45, 7) is 8.41. The Morgan fingerprint density at radius 3 is 2.80 bits per heavy atom. The van der Waals surface area contributed by atoms with Crippen molar-refractivity contribution in [2.75, 3.05) is 44.3 Å². The van der Waals surface area contributed by atoms with E-state index >= 15 is 0 Å². The minimum Gasteiger partial charge on any atom is -0.491 e. The Balaban J connectivity index is 1.56. The Kier molecular flexibility index (Phi) is 7.18. The predicted octanol–water partition coefficient (Wildman–Crippen LogP) is 4.57. The Bertz CT molecular complexity index is 1340. The van der Waals surface area contributed by atoms with Crippen LogP contribution >= 0.6 is 27.5 Å². The first kappa shape index (κ1) is 24.3. The van der Waals surface area contributed by atoms with Gasteiger partial charge in [0.15, 0.2) is 0 Å². The third kappa shape index (κ3) is 4.86. The number of ether oxygens (including phenoxy) is 2. The Labute approximate surface area is 217 Å². The molecule has 0 amide bonds. The summed E-state index contributed by atoms with van der Waals surface area (Å²) in [6.07, 6.45) is 3.48. The molecule has 35 heavy (non-hydrogen) atoms. The summed E-state index contributed by atoms with van der Waals surface area (Å²) < 4.78 is 14.4. The van der Waals surface area contributed by atoms with Crippen LogP contribution in [0.5, 0.6) is 5.75 Å². The van der Waals surface area contributed by atoms with Crippen LogP contribution in [0, 0.1) is 6.92 Å². The fourth-order valence-corrected chi connectivity index (χ4v) is 5.19. The molecule has 1 aliphatic rings. The van der Waals surface area contributed by atoms with Crippen LogP contribution in [0.3, 0.4) is 0 Å². The zero-order valence-electron chi connectivity index (χ0n) is 19.6. The van der Waals surface area contributed by atoms with Crippen molar-refractivity contribution in [3.8, 4) is 5.75 Å². The molecule has 0 radical (unpaired) electrons. The first-order chi connectivity index (χ1) is 16.9. The lowest BCUT2D eigenvalue weighted by Gasteiger charge is -2.28. The van der Waals surface area contributed by atoms with Gasteiger partial charge in [-0.05, 0) is 47.4 Å². The summed E-state index contributed by atoms with van der Waals surface area (Å²) in [5.74, 6) is 1.27. The Hall–Kier alpha value is -2.37. The predicted molar refractivity (Wildman–Crippen MR) is 143 cm³/mol. The van der Waals surface area contributed by atoms with Gasteiger partial charge in [0, 0.05) is 25.7 Å². The molecule has 4 aromatic rings. The van der Waals surface area contributed by atoms with E-state index in [4.69, 9.17) is 26.1 Å². The summed E-state index contributed by atoms with van der Waals surface area (Å²) in [4.78, 5) is 13.4. The van der Waals surface area contributed by atoms with Crippen molar-refractivity contribution < 1.29 is 14.5 Å². The molecule has 1 saturated heterocycles. The normalized spacial score (nSPS) is 14.5. The number of nitrogens with zero attached hydrogens (tertiary/aromatic N) is 5. The van der Waals surface area contributed by atoms with Crippen LogP contribution in [0.4, 0.5) is 11.5 Å². The van der Waals surface area contributed by atoms with Crippen LogP contribution in [0.1, 0.15) is 5.56 Å². The highest BCUT2D eigenvalue weighted by atomic mass is 79.9. The molecule has 0 saturated carbocycles. The molecule has 2 aromatic carbocycles. The highest BCUT2D eigenvalue weighted by Gasteiger charge is 2.27. The smallest absolute Gasteiger partial charge is 0.415 e. The van der Waals surface area contributed by atoms with Gasteiger partial charge in [-0.15, -0.1) is 0 Å². The Morgan fingerprint density at radius 1 is 1.26 bits per heavy atom. The van der Waals surface area contributed by atoms with Gasteiger partial charge in [-0.3, -0.25) is 9.30 Å².